The third-order valence-corrected chi connectivity index (χ3v) is 2.95. The second-order valence-corrected chi connectivity index (χ2v) is 4.06. The topological polar surface area (TPSA) is 73.5 Å². The van der Waals surface area contributed by atoms with Crippen LogP contribution in [0.4, 0.5) is 11.6 Å². The summed E-state index contributed by atoms with van der Waals surface area (Å²) in [6.07, 6.45) is 2.45. The number of anilines is 2. The molecule has 0 aliphatic rings. The van der Waals surface area contributed by atoms with Crippen molar-refractivity contribution in [3.8, 4) is 5.75 Å². The molecule has 1 heterocycles. The SMILES string of the molecule is CCC(C)N(CCOC)c1ncnc(N)c1OC. The van der Waals surface area contributed by atoms with Crippen LogP contribution >= 0.6 is 0 Å². The minimum Gasteiger partial charge on any atom is -0.490 e. The summed E-state index contributed by atoms with van der Waals surface area (Å²) >= 11 is 0. The van der Waals surface area contributed by atoms with E-state index in [1.165, 1.54) is 6.33 Å². The summed E-state index contributed by atoms with van der Waals surface area (Å²) in [7, 11) is 3.25. The maximum Gasteiger partial charge on any atom is 0.204 e. The van der Waals surface area contributed by atoms with Crippen molar-refractivity contribution in [2.75, 3.05) is 38.0 Å². The summed E-state index contributed by atoms with van der Waals surface area (Å²) in [6, 6.07) is 0.323. The third kappa shape index (κ3) is 3.22. The minimum atomic E-state index is 0.323. The van der Waals surface area contributed by atoms with Gasteiger partial charge in [-0.15, -0.1) is 0 Å². The van der Waals surface area contributed by atoms with Gasteiger partial charge in [0, 0.05) is 19.7 Å². The van der Waals surface area contributed by atoms with Gasteiger partial charge in [0.1, 0.15) is 6.33 Å². The van der Waals surface area contributed by atoms with Crippen molar-refractivity contribution in [2.24, 2.45) is 0 Å². The molecular weight excluding hydrogens is 232 g/mol. The first-order valence-electron chi connectivity index (χ1n) is 6.05. The van der Waals surface area contributed by atoms with E-state index in [2.05, 4.69) is 28.7 Å². The van der Waals surface area contributed by atoms with Crippen molar-refractivity contribution >= 4 is 11.6 Å². The van der Waals surface area contributed by atoms with E-state index in [-0.39, 0.29) is 0 Å². The zero-order chi connectivity index (χ0) is 13.5. The Morgan fingerprint density at radius 1 is 1.39 bits per heavy atom. The van der Waals surface area contributed by atoms with Gasteiger partial charge in [-0.05, 0) is 13.3 Å². The van der Waals surface area contributed by atoms with Crippen molar-refractivity contribution in [2.45, 2.75) is 26.3 Å². The lowest BCUT2D eigenvalue weighted by Crippen LogP contribution is -2.36. The van der Waals surface area contributed by atoms with E-state index in [0.29, 0.717) is 24.2 Å². The number of hydrogen-bond acceptors (Lipinski definition) is 6. The van der Waals surface area contributed by atoms with Gasteiger partial charge in [0.05, 0.1) is 13.7 Å². The predicted octanol–water partition coefficient (Wildman–Crippen LogP) is 1.32. The zero-order valence-corrected chi connectivity index (χ0v) is 11.5. The van der Waals surface area contributed by atoms with Crippen molar-refractivity contribution in [1.29, 1.82) is 0 Å². The van der Waals surface area contributed by atoms with Crippen LogP contribution in [0.3, 0.4) is 0 Å². The van der Waals surface area contributed by atoms with Crippen LogP contribution in [0.5, 0.6) is 5.75 Å². The smallest absolute Gasteiger partial charge is 0.204 e. The van der Waals surface area contributed by atoms with Gasteiger partial charge in [0.2, 0.25) is 5.75 Å². The molecule has 1 aromatic heterocycles. The van der Waals surface area contributed by atoms with Crippen LogP contribution in [-0.2, 0) is 4.74 Å². The molecule has 0 fully saturated rings. The number of methoxy groups -OCH3 is 2. The molecule has 102 valence electrons. The van der Waals surface area contributed by atoms with E-state index in [0.717, 1.165) is 18.8 Å². The minimum absolute atomic E-state index is 0.323. The molecule has 0 bridgehead atoms. The molecule has 1 atom stereocenters. The van der Waals surface area contributed by atoms with Gasteiger partial charge in [-0.25, -0.2) is 9.97 Å². The Bertz CT molecular complexity index is 373. The molecule has 6 heteroatoms. The number of rotatable bonds is 7. The Labute approximate surface area is 108 Å². The Kier molecular flexibility index (Phi) is 5.64. The Morgan fingerprint density at radius 2 is 2.11 bits per heavy atom. The summed E-state index contributed by atoms with van der Waals surface area (Å²) in [4.78, 5) is 10.4. The zero-order valence-electron chi connectivity index (χ0n) is 11.5. The third-order valence-electron chi connectivity index (χ3n) is 2.95. The van der Waals surface area contributed by atoms with Crippen LogP contribution < -0.4 is 15.4 Å². The molecular formula is C12H22N4O2. The molecule has 0 spiro atoms. The maximum atomic E-state index is 5.81. The van der Waals surface area contributed by atoms with Crippen molar-refractivity contribution in [3.05, 3.63) is 6.33 Å². The van der Waals surface area contributed by atoms with Crippen LogP contribution in [0.25, 0.3) is 0 Å². The molecule has 2 N–H and O–H groups in total. The molecule has 1 rings (SSSR count). The second-order valence-electron chi connectivity index (χ2n) is 4.06. The largest absolute Gasteiger partial charge is 0.490 e. The van der Waals surface area contributed by atoms with Gasteiger partial charge in [0.25, 0.3) is 0 Å². The average Bonchev–Trinajstić information content (AvgIpc) is 2.39. The molecule has 6 nitrogen and oxygen atoms in total. The van der Waals surface area contributed by atoms with E-state index in [1.807, 2.05) is 0 Å². The summed E-state index contributed by atoms with van der Waals surface area (Å²) in [5.74, 6) is 1.60. The van der Waals surface area contributed by atoms with E-state index in [4.69, 9.17) is 15.2 Å². The monoisotopic (exact) mass is 254 g/mol. The predicted molar refractivity (Wildman–Crippen MR) is 72.0 cm³/mol. The summed E-state index contributed by atoms with van der Waals surface area (Å²) in [5.41, 5.74) is 5.81. The van der Waals surface area contributed by atoms with Crippen LogP contribution in [0.15, 0.2) is 6.33 Å². The fraction of sp³-hybridized carbons (Fsp3) is 0.667. The molecule has 0 aliphatic heterocycles. The van der Waals surface area contributed by atoms with Gasteiger partial charge < -0.3 is 20.1 Å². The molecule has 0 aliphatic carbocycles. The normalized spacial score (nSPS) is 12.2. The number of hydrogen-bond donors (Lipinski definition) is 1. The lowest BCUT2D eigenvalue weighted by molar-refractivity contribution is 0.203. The molecule has 0 saturated heterocycles. The van der Waals surface area contributed by atoms with Gasteiger partial charge in [-0.1, -0.05) is 6.92 Å². The summed E-state index contributed by atoms with van der Waals surface area (Å²) < 4.78 is 10.4. The molecule has 0 aromatic carbocycles. The first-order valence-corrected chi connectivity index (χ1v) is 6.05. The maximum absolute atomic E-state index is 5.81. The number of ether oxygens (including phenoxy) is 2. The van der Waals surface area contributed by atoms with Crippen LogP contribution in [0.2, 0.25) is 0 Å². The summed E-state index contributed by atoms with van der Waals surface area (Å²) in [5, 5.41) is 0. The lowest BCUT2D eigenvalue weighted by Gasteiger charge is -2.30. The number of nitrogen functional groups attached to an aromatic ring is 1. The Morgan fingerprint density at radius 3 is 2.67 bits per heavy atom. The number of nitrogens with zero attached hydrogens (tertiary/aromatic N) is 3. The van der Waals surface area contributed by atoms with Crippen LogP contribution in [0, 0.1) is 0 Å². The first kappa shape index (κ1) is 14.5. The van der Waals surface area contributed by atoms with Crippen molar-refractivity contribution in [3.63, 3.8) is 0 Å². The van der Waals surface area contributed by atoms with Gasteiger partial charge >= 0.3 is 0 Å². The van der Waals surface area contributed by atoms with Gasteiger partial charge in [-0.3, -0.25) is 0 Å². The highest BCUT2D eigenvalue weighted by atomic mass is 16.5. The lowest BCUT2D eigenvalue weighted by atomic mass is 10.2. The van der Waals surface area contributed by atoms with E-state index >= 15 is 0 Å². The Hall–Kier alpha value is -1.56. The quantitative estimate of drug-likeness (QED) is 0.791. The van der Waals surface area contributed by atoms with Gasteiger partial charge in [-0.2, -0.15) is 0 Å². The first-order chi connectivity index (χ1) is 8.65. The second kappa shape index (κ2) is 7.00. The highest BCUT2D eigenvalue weighted by molar-refractivity contribution is 5.63. The molecule has 1 aromatic rings. The molecule has 0 saturated carbocycles. The fourth-order valence-electron chi connectivity index (χ4n) is 1.72. The molecule has 1 unspecified atom stereocenters. The fourth-order valence-corrected chi connectivity index (χ4v) is 1.72. The van der Waals surface area contributed by atoms with E-state index < -0.39 is 0 Å². The molecule has 18 heavy (non-hydrogen) atoms. The Balaban J connectivity index is 3.07. The summed E-state index contributed by atoms with van der Waals surface area (Å²) in [6.45, 7) is 5.62. The van der Waals surface area contributed by atoms with Crippen molar-refractivity contribution in [1.82, 2.24) is 9.97 Å². The van der Waals surface area contributed by atoms with Crippen LogP contribution in [0.1, 0.15) is 20.3 Å². The molecule has 0 radical (unpaired) electrons. The van der Waals surface area contributed by atoms with Crippen molar-refractivity contribution < 1.29 is 9.47 Å². The van der Waals surface area contributed by atoms with Crippen LogP contribution in [-0.4, -0.2) is 43.4 Å². The molecule has 0 amide bonds. The highest BCUT2D eigenvalue weighted by Gasteiger charge is 2.20. The highest BCUT2D eigenvalue weighted by Crippen LogP contribution is 2.31. The average molecular weight is 254 g/mol. The van der Waals surface area contributed by atoms with E-state index in [1.54, 1.807) is 14.2 Å². The number of nitrogens with two attached hydrogens (primary N) is 1. The van der Waals surface area contributed by atoms with E-state index in [9.17, 15) is 0 Å². The van der Waals surface area contributed by atoms with Gasteiger partial charge in [0.15, 0.2) is 11.6 Å². The standard InChI is InChI=1S/C12H22N4O2/c1-5-9(2)16(6-7-17-3)12-10(18-4)11(13)14-8-15-12/h8-9H,5-7H2,1-4H3,(H2,13,14,15). The number of aromatic nitrogens is 2.